The molecule has 0 spiro atoms. The largest absolute Gasteiger partial charge is 0.384 e. The number of para-hydroxylation sites is 1. The first-order valence-corrected chi connectivity index (χ1v) is 7.06. The highest BCUT2D eigenvalue weighted by Crippen LogP contribution is 2.27. The quantitative estimate of drug-likeness (QED) is 0.769. The fourth-order valence-corrected chi connectivity index (χ4v) is 2.65. The first kappa shape index (κ1) is 13.2. The number of amides is 1. The van der Waals surface area contributed by atoms with Crippen LogP contribution in [-0.2, 0) is 9.53 Å². The van der Waals surface area contributed by atoms with Crippen molar-refractivity contribution >= 4 is 23.4 Å². The fourth-order valence-electron chi connectivity index (χ4n) is 1.89. The molecule has 1 aliphatic rings. The maximum atomic E-state index is 10.8. The Bertz CT molecular complexity index is 406. The number of nitrogens with two attached hydrogens (primary N) is 1. The van der Waals surface area contributed by atoms with Gasteiger partial charge in [0.2, 0.25) is 5.91 Å². The first-order valence-electron chi connectivity index (χ1n) is 6.07. The van der Waals surface area contributed by atoms with Crippen LogP contribution < -0.4 is 11.1 Å². The van der Waals surface area contributed by atoms with Crippen molar-refractivity contribution in [3.63, 3.8) is 0 Å². The summed E-state index contributed by atoms with van der Waals surface area (Å²) in [5.41, 5.74) is 6.23. The van der Waals surface area contributed by atoms with Crippen molar-refractivity contribution in [2.75, 3.05) is 30.8 Å². The molecule has 0 radical (unpaired) electrons. The molecular weight excluding hydrogens is 248 g/mol. The van der Waals surface area contributed by atoms with Crippen molar-refractivity contribution in [3.05, 3.63) is 24.3 Å². The van der Waals surface area contributed by atoms with E-state index in [-0.39, 0.29) is 5.91 Å². The minimum atomic E-state index is -0.293. The van der Waals surface area contributed by atoms with Gasteiger partial charge < -0.3 is 15.8 Å². The number of hydrogen-bond acceptors (Lipinski definition) is 4. The Kier molecular flexibility index (Phi) is 4.90. The van der Waals surface area contributed by atoms with Gasteiger partial charge in [0.05, 0.1) is 12.4 Å². The molecule has 1 aromatic rings. The average Bonchev–Trinajstić information content (AvgIpc) is 2.88. The molecule has 1 heterocycles. The highest BCUT2D eigenvalue weighted by atomic mass is 32.2. The van der Waals surface area contributed by atoms with Gasteiger partial charge in [-0.2, -0.15) is 0 Å². The first-order chi connectivity index (χ1) is 8.75. The van der Waals surface area contributed by atoms with Crippen LogP contribution in [0.2, 0.25) is 0 Å². The van der Waals surface area contributed by atoms with Crippen LogP contribution in [0.25, 0.3) is 0 Å². The molecule has 0 bridgehead atoms. The number of hydrogen-bond donors (Lipinski definition) is 2. The van der Waals surface area contributed by atoms with Crippen molar-refractivity contribution in [3.8, 4) is 0 Å². The van der Waals surface area contributed by atoms with Crippen LogP contribution in [0.15, 0.2) is 29.2 Å². The molecule has 5 heteroatoms. The molecule has 98 valence electrons. The predicted octanol–water partition coefficient (Wildman–Crippen LogP) is 1.71. The maximum Gasteiger partial charge on any atom is 0.227 e. The van der Waals surface area contributed by atoms with Crippen molar-refractivity contribution in [1.29, 1.82) is 0 Å². The van der Waals surface area contributed by atoms with Crippen LogP contribution in [0.1, 0.15) is 6.42 Å². The van der Waals surface area contributed by atoms with Crippen molar-refractivity contribution in [1.82, 2.24) is 0 Å². The second-order valence-electron chi connectivity index (χ2n) is 4.36. The lowest BCUT2D eigenvalue weighted by atomic mass is 10.1. The molecule has 1 saturated heterocycles. The normalized spacial score (nSPS) is 18.8. The number of thioether (sulfide) groups is 1. The van der Waals surface area contributed by atoms with E-state index in [1.165, 1.54) is 11.8 Å². The summed E-state index contributed by atoms with van der Waals surface area (Å²) in [6.45, 7) is 2.61. The van der Waals surface area contributed by atoms with Gasteiger partial charge >= 0.3 is 0 Å². The number of nitrogens with one attached hydrogen (secondary N) is 1. The third kappa shape index (κ3) is 3.92. The van der Waals surface area contributed by atoms with E-state index in [1.54, 1.807) is 0 Å². The summed E-state index contributed by atoms with van der Waals surface area (Å²) in [5.74, 6) is 0.601. The Morgan fingerprint density at radius 3 is 3.06 bits per heavy atom. The lowest BCUT2D eigenvalue weighted by Gasteiger charge is -2.13. The summed E-state index contributed by atoms with van der Waals surface area (Å²) < 4.78 is 5.35. The zero-order valence-corrected chi connectivity index (χ0v) is 11.0. The van der Waals surface area contributed by atoms with Crippen molar-refractivity contribution < 1.29 is 9.53 Å². The Hall–Kier alpha value is -1.20. The SMILES string of the molecule is NC(=O)CSc1ccccc1NCC1CCOC1. The van der Waals surface area contributed by atoms with E-state index < -0.39 is 0 Å². The van der Waals surface area contributed by atoms with E-state index in [9.17, 15) is 4.79 Å². The molecule has 0 aliphatic carbocycles. The average molecular weight is 266 g/mol. The number of carbonyl (C=O) groups is 1. The number of ether oxygens (including phenoxy) is 1. The Morgan fingerprint density at radius 1 is 1.50 bits per heavy atom. The molecule has 2 rings (SSSR count). The van der Waals surface area contributed by atoms with Crippen LogP contribution in [0, 0.1) is 5.92 Å². The minimum Gasteiger partial charge on any atom is -0.384 e. The van der Waals surface area contributed by atoms with Crippen LogP contribution in [0.3, 0.4) is 0 Å². The molecule has 1 fully saturated rings. The van der Waals surface area contributed by atoms with Gasteiger partial charge in [-0.25, -0.2) is 0 Å². The van der Waals surface area contributed by atoms with E-state index >= 15 is 0 Å². The zero-order valence-electron chi connectivity index (χ0n) is 10.2. The second-order valence-corrected chi connectivity index (χ2v) is 5.38. The number of rotatable bonds is 6. The number of anilines is 1. The molecule has 1 aromatic carbocycles. The summed E-state index contributed by atoms with van der Waals surface area (Å²) >= 11 is 1.47. The third-order valence-corrected chi connectivity index (χ3v) is 3.96. The molecule has 3 N–H and O–H groups in total. The lowest BCUT2D eigenvalue weighted by molar-refractivity contribution is -0.115. The lowest BCUT2D eigenvalue weighted by Crippen LogP contribution is -2.15. The standard InChI is InChI=1S/C13H18N2O2S/c14-13(16)9-18-12-4-2-1-3-11(12)15-7-10-5-6-17-8-10/h1-4,10,15H,5-9H2,(H2,14,16). The fraction of sp³-hybridized carbons (Fsp3) is 0.462. The Morgan fingerprint density at radius 2 is 2.33 bits per heavy atom. The molecule has 18 heavy (non-hydrogen) atoms. The van der Waals surface area contributed by atoms with Crippen LogP contribution in [-0.4, -0.2) is 31.4 Å². The Balaban J connectivity index is 1.91. The summed E-state index contributed by atoms with van der Waals surface area (Å²) in [5, 5.41) is 3.43. The van der Waals surface area contributed by atoms with Gasteiger partial charge in [0.15, 0.2) is 0 Å². The van der Waals surface area contributed by atoms with Crippen molar-refractivity contribution in [2.45, 2.75) is 11.3 Å². The van der Waals surface area contributed by atoms with Gasteiger partial charge in [-0.1, -0.05) is 12.1 Å². The molecule has 1 atom stereocenters. The molecule has 4 nitrogen and oxygen atoms in total. The number of benzene rings is 1. The summed E-state index contributed by atoms with van der Waals surface area (Å²) in [6, 6.07) is 7.98. The molecule has 1 unspecified atom stereocenters. The second kappa shape index (κ2) is 6.66. The van der Waals surface area contributed by atoms with Gasteiger partial charge in [0.1, 0.15) is 0 Å². The van der Waals surface area contributed by atoms with Gasteiger partial charge in [-0.05, 0) is 18.6 Å². The summed E-state index contributed by atoms with van der Waals surface area (Å²) in [4.78, 5) is 11.9. The smallest absolute Gasteiger partial charge is 0.227 e. The monoisotopic (exact) mass is 266 g/mol. The summed E-state index contributed by atoms with van der Waals surface area (Å²) in [6.07, 6.45) is 1.11. The Labute approximate surface area is 111 Å². The van der Waals surface area contributed by atoms with Crippen LogP contribution in [0.4, 0.5) is 5.69 Å². The van der Waals surface area contributed by atoms with E-state index in [1.807, 2.05) is 24.3 Å². The number of carbonyl (C=O) groups excluding carboxylic acids is 1. The van der Waals surface area contributed by atoms with Gasteiger partial charge in [0, 0.05) is 29.7 Å². The van der Waals surface area contributed by atoms with Crippen LogP contribution in [0.5, 0.6) is 0 Å². The highest BCUT2D eigenvalue weighted by molar-refractivity contribution is 8.00. The van der Waals surface area contributed by atoms with Gasteiger partial charge in [-0.15, -0.1) is 11.8 Å². The van der Waals surface area contributed by atoms with E-state index in [0.717, 1.165) is 36.8 Å². The predicted molar refractivity (Wildman–Crippen MR) is 73.8 cm³/mol. The molecule has 1 aliphatic heterocycles. The van der Waals surface area contributed by atoms with Crippen LogP contribution >= 0.6 is 11.8 Å². The van der Waals surface area contributed by atoms with Crippen molar-refractivity contribution in [2.24, 2.45) is 11.7 Å². The highest BCUT2D eigenvalue weighted by Gasteiger charge is 2.15. The minimum absolute atomic E-state index is 0.293. The summed E-state index contributed by atoms with van der Waals surface area (Å²) in [7, 11) is 0. The molecule has 1 amide bonds. The third-order valence-electron chi connectivity index (χ3n) is 2.86. The molecule has 0 aromatic heterocycles. The maximum absolute atomic E-state index is 10.8. The molecular formula is C13H18N2O2S. The van der Waals surface area contributed by atoms with E-state index in [0.29, 0.717) is 11.7 Å². The van der Waals surface area contributed by atoms with E-state index in [4.69, 9.17) is 10.5 Å². The zero-order chi connectivity index (χ0) is 12.8. The van der Waals surface area contributed by atoms with E-state index in [2.05, 4.69) is 5.32 Å². The van der Waals surface area contributed by atoms with Gasteiger partial charge in [0.25, 0.3) is 0 Å². The number of primary amides is 1. The molecule has 0 saturated carbocycles. The topological polar surface area (TPSA) is 64.4 Å². The van der Waals surface area contributed by atoms with Gasteiger partial charge in [-0.3, -0.25) is 4.79 Å².